The molecule has 1 aliphatic carbocycles. The molecule has 26 heavy (non-hydrogen) atoms. The molecule has 0 saturated carbocycles. The Morgan fingerprint density at radius 1 is 1.08 bits per heavy atom. The van der Waals surface area contributed by atoms with Crippen LogP contribution in [0, 0.1) is 0 Å². The molecular weight excluding hydrogens is 322 g/mol. The number of carbonyl (C=O) groups is 1. The lowest BCUT2D eigenvalue weighted by molar-refractivity contribution is 0.0520. The van der Waals surface area contributed by atoms with Gasteiger partial charge < -0.3 is 9.72 Å². The number of aromatic amines is 1. The van der Waals surface area contributed by atoms with Crippen LogP contribution in [-0.4, -0.2) is 17.6 Å². The number of fused-ring (bicyclic) bond motifs is 1. The number of rotatable bonds is 5. The van der Waals surface area contributed by atoms with Crippen molar-refractivity contribution in [1.29, 1.82) is 0 Å². The van der Waals surface area contributed by atoms with E-state index >= 15 is 0 Å². The highest BCUT2D eigenvalue weighted by molar-refractivity contribution is 5.88. The van der Waals surface area contributed by atoms with Gasteiger partial charge in [-0.05, 0) is 54.5 Å². The maximum absolute atomic E-state index is 11.9. The molecule has 0 amide bonds. The summed E-state index contributed by atoms with van der Waals surface area (Å²) in [6.07, 6.45) is 3.15. The number of carbonyl (C=O) groups excluding carboxylic acids is 1. The normalized spacial score (nSPS) is 15.7. The molecule has 0 saturated heterocycles. The number of ether oxygens (including phenoxy) is 1. The third-order valence-electron chi connectivity index (χ3n) is 5.14. The van der Waals surface area contributed by atoms with Gasteiger partial charge in [0.25, 0.3) is 0 Å². The first-order valence-electron chi connectivity index (χ1n) is 9.28. The van der Waals surface area contributed by atoms with Crippen molar-refractivity contribution < 1.29 is 9.53 Å². The molecule has 3 aromatic rings. The molecule has 1 heterocycles. The van der Waals surface area contributed by atoms with E-state index in [1.807, 2.05) is 19.1 Å². The fourth-order valence-electron chi connectivity index (χ4n) is 3.83. The van der Waals surface area contributed by atoms with Crippen LogP contribution in [0.1, 0.15) is 46.6 Å². The van der Waals surface area contributed by atoms with Crippen molar-refractivity contribution in [3.63, 3.8) is 0 Å². The molecule has 3 nitrogen and oxygen atoms in total. The van der Waals surface area contributed by atoms with Crippen LogP contribution in [0.15, 0.2) is 60.7 Å². The topological polar surface area (TPSA) is 42.1 Å². The zero-order valence-corrected chi connectivity index (χ0v) is 15.0. The van der Waals surface area contributed by atoms with E-state index in [-0.39, 0.29) is 5.97 Å². The number of benzene rings is 2. The van der Waals surface area contributed by atoms with Crippen molar-refractivity contribution in [1.82, 2.24) is 4.98 Å². The van der Waals surface area contributed by atoms with Crippen molar-refractivity contribution in [3.8, 4) is 11.1 Å². The molecule has 1 atom stereocenters. The van der Waals surface area contributed by atoms with Crippen molar-refractivity contribution >= 4 is 5.97 Å². The number of hydrogen-bond acceptors (Lipinski definition) is 2. The molecule has 0 fully saturated rings. The van der Waals surface area contributed by atoms with Gasteiger partial charge in [0.15, 0.2) is 0 Å². The van der Waals surface area contributed by atoms with Gasteiger partial charge in [0.05, 0.1) is 6.61 Å². The summed E-state index contributed by atoms with van der Waals surface area (Å²) in [4.78, 5) is 15.2. The van der Waals surface area contributed by atoms with E-state index in [0.717, 1.165) is 19.3 Å². The Bertz CT molecular complexity index is 894. The highest BCUT2D eigenvalue weighted by Gasteiger charge is 2.27. The second-order valence-electron chi connectivity index (χ2n) is 6.85. The molecule has 2 aromatic carbocycles. The van der Waals surface area contributed by atoms with Gasteiger partial charge in [0.2, 0.25) is 0 Å². The van der Waals surface area contributed by atoms with Gasteiger partial charge in [-0.25, -0.2) is 4.79 Å². The summed E-state index contributed by atoms with van der Waals surface area (Å²) in [6.45, 7) is 2.23. The molecule has 0 spiro atoms. The highest BCUT2D eigenvalue weighted by Crippen LogP contribution is 2.36. The molecule has 132 valence electrons. The van der Waals surface area contributed by atoms with Crippen LogP contribution in [0.25, 0.3) is 11.1 Å². The largest absolute Gasteiger partial charge is 0.461 e. The molecular formula is C23H23NO2. The van der Waals surface area contributed by atoms with Crippen LogP contribution in [-0.2, 0) is 17.6 Å². The number of nitrogens with one attached hydrogen (secondary N) is 1. The molecule has 3 heteroatoms. The van der Waals surface area contributed by atoms with E-state index in [9.17, 15) is 4.79 Å². The van der Waals surface area contributed by atoms with Crippen molar-refractivity contribution in [2.75, 3.05) is 6.61 Å². The third-order valence-corrected chi connectivity index (χ3v) is 5.14. The second kappa shape index (κ2) is 7.20. The van der Waals surface area contributed by atoms with E-state index in [2.05, 4.69) is 53.5 Å². The van der Waals surface area contributed by atoms with Crippen LogP contribution < -0.4 is 0 Å². The van der Waals surface area contributed by atoms with Crippen LogP contribution in [0.2, 0.25) is 0 Å². The summed E-state index contributed by atoms with van der Waals surface area (Å²) >= 11 is 0. The lowest BCUT2D eigenvalue weighted by Gasteiger charge is -2.11. The monoisotopic (exact) mass is 345 g/mol. The maximum Gasteiger partial charge on any atom is 0.354 e. The molecule has 1 N–H and O–H groups in total. The quantitative estimate of drug-likeness (QED) is 0.651. The Balaban J connectivity index is 1.48. The van der Waals surface area contributed by atoms with Gasteiger partial charge in [0.1, 0.15) is 5.69 Å². The molecule has 0 aliphatic heterocycles. The van der Waals surface area contributed by atoms with Crippen LogP contribution in [0.5, 0.6) is 0 Å². The molecule has 0 radical (unpaired) electrons. The summed E-state index contributed by atoms with van der Waals surface area (Å²) in [5.74, 6) is 0.184. The summed E-state index contributed by atoms with van der Waals surface area (Å²) in [7, 11) is 0. The van der Waals surface area contributed by atoms with E-state index in [1.165, 1.54) is 27.9 Å². The maximum atomic E-state index is 11.9. The Hall–Kier alpha value is -2.81. The molecule has 4 rings (SSSR count). The number of H-pyrrole nitrogens is 1. The molecule has 1 unspecified atom stereocenters. The SMILES string of the molecule is CCOC(=O)c1cc2c([nH]1)C(Cc1ccc(-c3ccccc3)cc1)CC2. The number of esters is 1. The smallest absolute Gasteiger partial charge is 0.354 e. The number of aryl methyl sites for hydroxylation is 1. The zero-order valence-electron chi connectivity index (χ0n) is 15.0. The Labute approximate surface area is 154 Å². The third kappa shape index (κ3) is 3.30. The molecule has 0 bridgehead atoms. The Morgan fingerprint density at radius 3 is 2.54 bits per heavy atom. The Kier molecular flexibility index (Phi) is 4.61. The minimum absolute atomic E-state index is 0.257. The lowest BCUT2D eigenvalue weighted by atomic mass is 9.95. The van der Waals surface area contributed by atoms with E-state index in [1.54, 1.807) is 0 Å². The first-order valence-corrected chi connectivity index (χ1v) is 9.28. The van der Waals surface area contributed by atoms with Crippen molar-refractivity contribution in [2.45, 2.75) is 32.1 Å². The van der Waals surface area contributed by atoms with Gasteiger partial charge in [-0.3, -0.25) is 0 Å². The molecule has 1 aromatic heterocycles. The Morgan fingerprint density at radius 2 is 1.81 bits per heavy atom. The second-order valence-corrected chi connectivity index (χ2v) is 6.85. The summed E-state index contributed by atoms with van der Waals surface area (Å²) in [5, 5.41) is 0. The predicted molar refractivity (Wildman–Crippen MR) is 103 cm³/mol. The number of aromatic nitrogens is 1. The standard InChI is InChI=1S/C23H23NO2/c1-2-26-23(25)21-15-20-13-12-19(22(20)24-21)14-16-8-10-18(11-9-16)17-6-4-3-5-7-17/h3-11,15,19,24H,2,12-14H2,1H3. The van der Waals surface area contributed by atoms with Crippen LogP contribution in [0.4, 0.5) is 0 Å². The van der Waals surface area contributed by atoms with Crippen LogP contribution in [0.3, 0.4) is 0 Å². The zero-order chi connectivity index (χ0) is 17.9. The van der Waals surface area contributed by atoms with Gasteiger partial charge in [-0.15, -0.1) is 0 Å². The summed E-state index contributed by atoms with van der Waals surface area (Å²) < 4.78 is 5.10. The molecule has 1 aliphatic rings. The van der Waals surface area contributed by atoms with Crippen molar-refractivity contribution in [3.05, 3.63) is 83.2 Å². The van der Waals surface area contributed by atoms with E-state index in [4.69, 9.17) is 4.74 Å². The minimum Gasteiger partial charge on any atom is -0.461 e. The predicted octanol–water partition coefficient (Wildman–Crippen LogP) is 5.13. The van der Waals surface area contributed by atoms with Gasteiger partial charge in [-0.2, -0.15) is 0 Å². The first kappa shape index (κ1) is 16.6. The van der Waals surface area contributed by atoms with Crippen molar-refractivity contribution in [2.24, 2.45) is 0 Å². The average molecular weight is 345 g/mol. The average Bonchev–Trinajstić information content (AvgIpc) is 3.25. The lowest BCUT2D eigenvalue weighted by Crippen LogP contribution is -2.06. The fourth-order valence-corrected chi connectivity index (χ4v) is 3.83. The minimum atomic E-state index is -0.257. The van der Waals surface area contributed by atoms with Gasteiger partial charge >= 0.3 is 5.97 Å². The van der Waals surface area contributed by atoms with Crippen LogP contribution >= 0.6 is 0 Å². The number of hydrogen-bond donors (Lipinski definition) is 1. The van der Waals surface area contributed by atoms with E-state index in [0.29, 0.717) is 18.2 Å². The van der Waals surface area contributed by atoms with Gasteiger partial charge in [0, 0.05) is 11.6 Å². The van der Waals surface area contributed by atoms with E-state index < -0.39 is 0 Å². The summed E-state index contributed by atoms with van der Waals surface area (Å²) in [5.41, 5.74) is 6.87. The van der Waals surface area contributed by atoms with Gasteiger partial charge in [-0.1, -0.05) is 54.6 Å². The highest BCUT2D eigenvalue weighted by atomic mass is 16.5. The summed E-state index contributed by atoms with van der Waals surface area (Å²) in [6, 6.07) is 21.2. The first-order chi connectivity index (χ1) is 12.7. The fraction of sp³-hybridized carbons (Fsp3) is 0.261.